The van der Waals surface area contributed by atoms with Crippen LogP contribution in [0.2, 0.25) is 0 Å². The number of nitrogens with zero attached hydrogens (tertiary/aromatic N) is 6. The zero-order valence-electron chi connectivity index (χ0n) is 18.3. The van der Waals surface area contributed by atoms with E-state index in [1.807, 2.05) is 36.1 Å². The van der Waals surface area contributed by atoms with Gasteiger partial charge in [-0.3, -0.25) is 14.3 Å². The molecule has 0 saturated heterocycles. The number of aryl methyl sites for hydroxylation is 4. The van der Waals surface area contributed by atoms with Crippen molar-refractivity contribution in [3.8, 4) is 11.3 Å². The molecule has 1 aromatic carbocycles. The molecule has 9 heteroatoms. The Morgan fingerprint density at radius 3 is 2.72 bits per heavy atom. The molecule has 0 saturated carbocycles. The van der Waals surface area contributed by atoms with Crippen molar-refractivity contribution in [3.05, 3.63) is 61.9 Å². The number of hydrogen-bond donors (Lipinski definition) is 0. The van der Waals surface area contributed by atoms with Crippen LogP contribution >= 0.6 is 11.3 Å². The minimum atomic E-state index is -0.183. The molecule has 164 valence electrons. The number of fused-ring (bicyclic) bond motifs is 4. The lowest BCUT2D eigenvalue weighted by Gasteiger charge is -2.15. The predicted octanol–water partition coefficient (Wildman–Crippen LogP) is 2.38. The molecule has 4 aromatic rings. The van der Waals surface area contributed by atoms with Gasteiger partial charge in [0.05, 0.1) is 23.0 Å². The van der Waals surface area contributed by atoms with E-state index in [4.69, 9.17) is 0 Å². The van der Waals surface area contributed by atoms with Gasteiger partial charge >= 0.3 is 0 Å². The number of thiazole rings is 1. The molecular formula is C23H24N6O2S. The molecule has 32 heavy (non-hydrogen) atoms. The Bertz CT molecular complexity index is 1490. The molecule has 0 spiro atoms. The molecule has 1 aliphatic rings. The fourth-order valence-corrected chi connectivity index (χ4v) is 5.66. The average Bonchev–Trinajstić information content (AvgIpc) is 3.34. The Morgan fingerprint density at radius 2 is 1.94 bits per heavy atom. The van der Waals surface area contributed by atoms with Crippen LogP contribution in [0.25, 0.3) is 22.0 Å². The van der Waals surface area contributed by atoms with Crippen molar-refractivity contribution < 1.29 is 4.79 Å². The van der Waals surface area contributed by atoms with E-state index in [2.05, 4.69) is 26.7 Å². The monoisotopic (exact) mass is 448 g/mol. The van der Waals surface area contributed by atoms with Crippen molar-refractivity contribution in [3.63, 3.8) is 0 Å². The van der Waals surface area contributed by atoms with Crippen LogP contribution in [0.1, 0.15) is 29.6 Å². The molecule has 8 nitrogen and oxygen atoms in total. The summed E-state index contributed by atoms with van der Waals surface area (Å²) in [7, 11) is 3.61. The third kappa shape index (κ3) is 3.33. The second kappa shape index (κ2) is 7.98. The molecule has 0 unspecified atom stereocenters. The normalized spacial score (nSPS) is 13.4. The van der Waals surface area contributed by atoms with Crippen LogP contribution in [0.3, 0.4) is 0 Å². The van der Waals surface area contributed by atoms with Gasteiger partial charge in [0, 0.05) is 55.0 Å². The van der Waals surface area contributed by atoms with Gasteiger partial charge < -0.3 is 4.57 Å². The van der Waals surface area contributed by atoms with Crippen LogP contribution in [0.15, 0.2) is 40.2 Å². The Kier molecular flexibility index (Phi) is 5.13. The Balaban J connectivity index is 1.46. The zero-order valence-corrected chi connectivity index (χ0v) is 19.1. The SMILES string of the molecule is CCn1c2c(sc1=NC(=O)CCc1nn(C)c(=O)c3ccccc13)CCc1c-2cnn1C. The molecule has 0 N–H and O–H groups in total. The molecule has 0 fully saturated rings. The lowest BCUT2D eigenvalue weighted by Crippen LogP contribution is -2.22. The van der Waals surface area contributed by atoms with Crippen LogP contribution in [-0.2, 0) is 44.7 Å². The molecule has 5 rings (SSSR count). The van der Waals surface area contributed by atoms with Gasteiger partial charge in [0.25, 0.3) is 5.56 Å². The van der Waals surface area contributed by atoms with Crippen LogP contribution < -0.4 is 10.4 Å². The summed E-state index contributed by atoms with van der Waals surface area (Å²) in [5.74, 6) is -0.183. The molecule has 0 bridgehead atoms. The van der Waals surface area contributed by atoms with Crippen LogP contribution in [0.4, 0.5) is 0 Å². The quantitative estimate of drug-likeness (QED) is 0.480. The first-order chi connectivity index (χ1) is 15.5. The Labute approximate surface area is 188 Å². The maximum Gasteiger partial charge on any atom is 0.274 e. The van der Waals surface area contributed by atoms with Crippen LogP contribution in [0, 0.1) is 0 Å². The van der Waals surface area contributed by atoms with Gasteiger partial charge in [0.15, 0.2) is 4.80 Å². The summed E-state index contributed by atoms with van der Waals surface area (Å²) in [5, 5.41) is 10.2. The minimum absolute atomic E-state index is 0.136. The number of carbonyl (C=O) groups excluding carboxylic acids is 1. The zero-order chi connectivity index (χ0) is 22.4. The summed E-state index contributed by atoms with van der Waals surface area (Å²) in [6, 6.07) is 7.39. The average molecular weight is 449 g/mol. The molecule has 0 radical (unpaired) electrons. The Morgan fingerprint density at radius 1 is 1.16 bits per heavy atom. The predicted molar refractivity (Wildman–Crippen MR) is 123 cm³/mol. The highest BCUT2D eigenvalue weighted by molar-refractivity contribution is 7.09. The lowest BCUT2D eigenvalue weighted by molar-refractivity contribution is -0.118. The number of benzene rings is 1. The van der Waals surface area contributed by atoms with Gasteiger partial charge in [0.2, 0.25) is 5.91 Å². The third-order valence-electron chi connectivity index (χ3n) is 6.03. The van der Waals surface area contributed by atoms with Gasteiger partial charge in [-0.05, 0) is 25.8 Å². The summed E-state index contributed by atoms with van der Waals surface area (Å²) in [5.41, 5.74) is 4.11. The first-order valence-electron chi connectivity index (χ1n) is 10.7. The number of amides is 1. The molecule has 1 aliphatic carbocycles. The van der Waals surface area contributed by atoms with Crippen molar-refractivity contribution in [2.24, 2.45) is 19.1 Å². The fraction of sp³-hybridized carbons (Fsp3) is 0.348. The summed E-state index contributed by atoms with van der Waals surface area (Å²) in [6.07, 6.45) is 4.46. The molecular weight excluding hydrogens is 424 g/mol. The van der Waals surface area contributed by atoms with E-state index >= 15 is 0 Å². The second-order valence-corrected chi connectivity index (χ2v) is 9.02. The van der Waals surface area contributed by atoms with Crippen molar-refractivity contribution in [2.45, 2.75) is 39.2 Å². The molecule has 3 heterocycles. The maximum absolute atomic E-state index is 12.8. The standard InChI is InChI=1S/C23H24N6O2S/c1-4-29-21-16-13-24-27(2)18(16)10-11-19(21)32-23(29)25-20(30)12-9-17-14-7-5-6-8-15(14)22(31)28(3)26-17/h5-8,13H,4,9-12H2,1-3H3. The van der Waals surface area contributed by atoms with Gasteiger partial charge in [-0.25, -0.2) is 4.68 Å². The summed E-state index contributed by atoms with van der Waals surface area (Å²) >= 11 is 1.59. The topological polar surface area (TPSA) is 87.1 Å². The van der Waals surface area contributed by atoms with Crippen molar-refractivity contribution in [1.82, 2.24) is 24.1 Å². The second-order valence-electron chi connectivity index (χ2n) is 7.96. The minimum Gasteiger partial charge on any atom is -0.316 e. The Hall–Kier alpha value is -3.33. The van der Waals surface area contributed by atoms with E-state index < -0.39 is 0 Å². The number of aromatic nitrogens is 5. The van der Waals surface area contributed by atoms with Crippen LogP contribution in [-0.4, -0.2) is 30.0 Å². The molecule has 0 aliphatic heterocycles. The third-order valence-corrected chi connectivity index (χ3v) is 7.17. The van der Waals surface area contributed by atoms with Crippen molar-refractivity contribution in [2.75, 3.05) is 0 Å². The smallest absolute Gasteiger partial charge is 0.274 e. The highest BCUT2D eigenvalue weighted by Gasteiger charge is 2.25. The maximum atomic E-state index is 12.8. The van der Waals surface area contributed by atoms with Crippen molar-refractivity contribution in [1.29, 1.82) is 0 Å². The van der Waals surface area contributed by atoms with E-state index in [9.17, 15) is 9.59 Å². The van der Waals surface area contributed by atoms with Gasteiger partial charge in [-0.2, -0.15) is 15.2 Å². The summed E-state index contributed by atoms with van der Waals surface area (Å²) < 4.78 is 5.39. The van der Waals surface area contributed by atoms with Crippen LogP contribution in [0.5, 0.6) is 0 Å². The number of rotatable bonds is 4. The number of hydrogen-bond acceptors (Lipinski definition) is 5. The van der Waals surface area contributed by atoms with E-state index in [1.54, 1.807) is 24.5 Å². The van der Waals surface area contributed by atoms with Gasteiger partial charge in [0.1, 0.15) is 0 Å². The van der Waals surface area contributed by atoms with E-state index in [-0.39, 0.29) is 17.9 Å². The summed E-state index contributed by atoms with van der Waals surface area (Å²) in [4.78, 5) is 31.6. The molecule has 3 aromatic heterocycles. The van der Waals surface area contributed by atoms with E-state index in [0.717, 1.165) is 46.5 Å². The van der Waals surface area contributed by atoms with Gasteiger partial charge in [-0.1, -0.05) is 18.2 Å². The highest BCUT2D eigenvalue weighted by atomic mass is 32.1. The lowest BCUT2D eigenvalue weighted by atomic mass is 10.00. The van der Waals surface area contributed by atoms with Crippen molar-refractivity contribution >= 4 is 28.0 Å². The summed E-state index contributed by atoms with van der Waals surface area (Å²) in [6.45, 7) is 2.81. The first kappa shape index (κ1) is 20.6. The van der Waals surface area contributed by atoms with E-state index in [0.29, 0.717) is 11.8 Å². The fourth-order valence-electron chi connectivity index (χ4n) is 4.44. The molecule has 1 amide bonds. The first-order valence-corrected chi connectivity index (χ1v) is 11.6. The molecule has 0 atom stereocenters. The largest absolute Gasteiger partial charge is 0.316 e. The number of carbonyl (C=O) groups is 1. The van der Waals surface area contributed by atoms with Gasteiger partial charge in [-0.15, -0.1) is 11.3 Å². The van der Waals surface area contributed by atoms with E-state index in [1.165, 1.54) is 15.3 Å². The highest BCUT2D eigenvalue weighted by Crippen LogP contribution is 2.34.